The van der Waals surface area contributed by atoms with E-state index < -0.39 is 8.17 Å². The topological polar surface area (TPSA) is 69.9 Å². The van der Waals surface area contributed by atoms with E-state index in [9.17, 15) is 0 Å². The van der Waals surface area contributed by atoms with Crippen LogP contribution in [0.4, 0.5) is 0 Å². The molecule has 0 aromatic heterocycles. The van der Waals surface area contributed by atoms with Gasteiger partial charge in [-0.2, -0.15) is 0 Å². The van der Waals surface area contributed by atoms with E-state index in [0.717, 1.165) is 0 Å². The van der Waals surface area contributed by atoms with Gasteiger partial charge < -0.3 is 0 Å². The van der Waals surface area contributed by atoms with Crippen LogP contribution >= 0.6 is 20.8 Å². The quantitative estimate of drug-likeness (QED) is 0.236. The van der Waals surface area contributed by atoms with Crippen molar-refractivity contribution in [3.05, 3.63) is 0 Å². The Labute approximate surface area is 46.8 Å². The van der Waals surface area contributed by atoms with E-state index in [1.54, 1.807) is 0 Å². The molecule has 0 bridgehead atoms. The zero-order valence-electron chi connectivity index (χ0n) is 3.40. The molecule has 0 unspecified atom stereocenters. The van der Waals surface area contributed by atoms with Crippen LogP contribution in [0.2, 0.25) is 0 Å². The average Bonchev–Trinajstić information content (AvgIpc) is 1.30. The third-order valence-corrected chi connectivity index (χ3v) is 1.16. The van der Waals surface area contributed by atoms with E-state index in [1.807, 2.05) is 0 Å². The van der Waals surface area contributed by atoms with Crippen LogP contribution in [-0.2, 0) is 4.52 Å². The van der Waals surface area contributed by atoms with E-state index in [2.05, 4.69) is 17.2 Å². The fourth-order valence-corrected chi connectivity index (χ4v) is 0.779. The molecule has 0 aliphatic heterocycles. The van der Waals surface area contributed by atoms with Gasteiger partial charge in [0.05, 0.1) is 0 Å². The van der Waals surface area contributed by atoms with Gasteiger partial charge in [0.2, 0.25) is 0 Å². The molecule has 0 aliphatic rings. The van der Waals surface area contributed by atoms with Crippen molar-refractivity contribution in [2.24, 2.45) is 0 Å². The van der Waals surface area contributed by atoms with E-state index >= 15 is 0 Å². The Morgan fingerprint density at radius 2 is 1.86 bits per heavy atom. The van der Waals surface area contributed by atoms with Gasteiger partial charge in [0.25, 0.3) is 0 Å². The minimum atomic E-state index is -4.23. The molecule has 0 spiro atoms. The van der Waals surface area contributed by atoms with E-state index in [1.165, 1.54) is 0 Å². The summed E-state index contributed by atoms with van der Waals surface area (Å²) in [5, 5.41) is 0. The van der Waals surface area contributed by atoms with Crippen LogP contribution in [0.15, 0.2) is 0 Å². The van der Waals surface area contributed by atoms with E-state index in [4.69, 9.17) is 14.7 Å². The molecule has 0 aromatic carbocycles. The summed E-state index contributed by atoms with van der Waals surface area (Å²) in [6.45, 7) is 0. The Bertz CT molecular complexity index is 50.1. The van der Waals surface area contributed by atoms with Crippen molar-refractivity contribution in [3.63, 3.8) is 0 Å². The van der Waals surface area contributed by atoms with E-state index in [0.29, 0.717) is 0 Å². The number of thiol groups is 1. The van der Waals surface area contributed by atoms with Crippen molar-refractivity contribution in [2.45, 2.75) is 0 Å². The zero-order chi connectivity index (χ0) is 5.91. The summed E-state index contributed by atoms with van der Waals surface area (Å²) in [4.78, 5) is 24.0. The third kappa shape index (κ3) is 6.62. The zero-order valence-corrected chi connectivity index (χ0v) is 5.30. The fraction of sp³-hybridized carbons (Fsp3) is 1.00. The maximum absolute atomic E-state index is 8.00. The molecule has 0 atom stereocenters. The molecule has 3 N–H and O–H groups in total. The van der Waals surface area contributed by atoms with Gasteiger partial charge in [-0.05, 0) is 0 Å². The van der Waals surface area contributed by atoms with Crippen LogP contribution in [0.1, 0.15) is 0 Å². The first kappa shape index (κ1) is 7.62. The molecule has 46 valence electrons. The Kier molecular flexibility index (Phi) is 3.06. The van der Waals surface area contributed by atoms with Crippen LogP contribution in [0, 0.1) is 0 Å². The summed E-state index contributed by atoms with van der Waals surface area (Å²) < 4.78 is 3.90. The van der Waals surface area contributed by atoms with Gasteiger partial charge in [-0.25, -0.2) is 0 Å². The molecule has 4 nitrogen and oxygen atoms in total. The first-order valence-corrected chi connectivity index (χ1v) is 3.86. The fourth-order valence-electron chi connectivity index (χ4n) is 0.0866. The van der Waals surface area contributed by atoms with Crippen molar-refractivity contribution in [1.29, 1.82) is 0 Å². The summed E-state index contributed by atoms with van der Waals surface area (Å²) in [5.74, 6) is -0.185. The summed E-state index contributed by atoms with van der Waals surface area (Å²) in [6, 6.07) is 0. The summed E-state index contributed by atoms with van der Waals surface area (Å²) >= 11 is 3.45. The molecule has 7 heavy (non-hydrogen) atoms. The van der Waals surface area contributed by atoms with Crippen molar-refractivity contribution in [1.82, 2.24) is 0 Å². The Hall–Kier alpha value is 0.620. The molecule has 0 saturated heterocycles. The van der Waals surface area contributed by atoms with Crippen molar-refractivity contribution in [2.75, 3.05) is 5.94 Å². The molecule has 0 radical (unpaired) electrons. The van der Waals surface area contributed by atoms with E-state index in [-0.39, 0.29) is 5.94 Å². The van der Waals surface area contributed by atoms with Gasteiger partial charge in [-0.3, -0.25) is 0 Å². The Morgan fingerprint density at radius 3 is 1.86 bits per heavy atom. The summed E-state index contributed by atoms with van der Waals surface area (Å²) in [6.07, 6.45) is 0. The molecular formula is CH7O4PS. The molecule has 6 heteroatoms. The van der Waals surface area contributed by atoms with Crippen molar-refractivity contribution in [3.8, 4) is 0 Å². The molecule has 0 aliphatic carbocycles. The maximum atomic E-state index is 8.00. The SMILES string of the molecule is O[PH](O)(O)OCS. The number of rotatable bonds is 2. The van der Waals surface area contributed by atoms with Gasteiger partial charge in [0, 0.05) is 0 Å². The van der Waals surface area contributed by atoms with Crippen LogP contribution in [0.3, 0.4) is 0 Å². The van der Waals surface area contributed by atoms with Crippen LogP contribution in [0.5, 0.6) is 0 Å². The number of hydrogen-bond donors (Lipinski definition) is 4. The summed E-state index contributed by atoms with van der Waals surface area (Å²) in [5.41, 5.74) is 0. The Morgan fingerprint density at radius 1 is 1.43 bits per heavy atom. The molecule has 0 amide bonds. The second-order valence-corrected chi connectivity index (χ2v) is 2.54. The average molecular weight is 146 g/mol. The number of hydrogen-bond acceptors (Lipinski definition) is 5. The van der Waals surface area contributed by atoms with Gasteiger partial charge in [-0.15, -0.1) is 0 Å². The van der Waals surface area contributed by atoms with Gasteiger partial charge in [0.15, 0.2) is 0 Å². The van der Waals surface area contributed by atoms with Crippen molar-refractivity contribution < 1.29 is 19.2 Å². The second kappa shape index (κ2) is 2.81. The van der Waals surface area contributed by atoms with Gasteiger partial charge in [-0.1, -0.05) is 0 Å². The monoisotopic (exact) mass is 146 g/mol. The molecule has 0 fully saturated rings. The first-order chi connectivity index (χ1) is 3.06. The summed E-state index contributed by atoms with van der Waals surface area (Å²) in [7, 11) is -4.23. The molecule has 0 rings (SSSR count). The van der Waals surface area contributed by atoms with Gasteiger partial charge >= 0.3 is 45.9 Å². The van der Waals surface area contributed by atoms with Crippen molar-refractivity contribution >= 4 is 20.8 Å². The second-order valence-electron chi connectivity index (χ2n) is 0.847. The third-order valence-electron chi connectivity index (χ3n) is 0.258. The molecule has 0 heterocycles. The minimum absolute atomic E-state index is 0.185. The molecular weight excluding hydrogens is 139 g/mol. The van der Waals surface area contributed by atoms with Crippen LogP contribution in [-0.4, -0.2) is 20.6 Å². The predicted octanol–water partition coefficient (Wildman–Crippen LogP) is -0.723. The standard InChI is InChI=1S/CH7O4PS/c2-6(3,4)5-1-7/h2-4,6-7H,1H2. The molecule has 0 saturated carbocycles. The molecule has 0 aromatic rings. The Balaban J connectivity index is 3.15. The normalized spacial score (nSPS) is 14.3. The predicted molar refractivity (Wildman–Crippen MR) is 29.9 cm³/mol. The van der Waals surface area contributed by atoms with Gasteiger partial charge in [0.1, 0.15) is 0 Å². The first-order valence-electron chi connectivity index (χ1n) is 1.48. The van der Waals surface area contributed by atoms with Crippen LogP contribution in [0.25, 0.3) is 0 Å². The van der Waals surface area contributed by atoms with Crippen LogP contribution < -0.4 is 0 Å².